The van der Waals surface area contributed by atoms with Gasteiger partial charge in [0.2, 0.25) is 0 Å². The first kappa shape index (κ1) is 5.83. The van der Waals surface area contributed by atoms with Gasteiger partial charge in [-0.3, -0.25) is 5.41 Å². The summed E-state index contributed by atoms with van der Waals surface area (Å²) in [7, 11) is 0. The van der Waals surface area contributed by atoms with Crippen LogP contribution in [0.4, 0.5) is 0 Å². The van der Waals surface area contributed by atoms with Gasteiger partial charge in [-0.2, -0.15) is 5.26 Å². The van der Waals surface area contributed by atoms with Gasteiger partial charge in [0.15, 0.2) is 5.71 Å². The number of nitriles is 1. The van der Waals surface area contributed by atoms with Crippen LogP contribution >= 0.6 is 0 Å². The molecule has 0 spiro atoms. The molecular weight excluding hydrogens is 90.1 g/mol. The minimum absolute atomic E-state index is 0.0162. The summed E-state index contributed by atoms with van der Waals surface area (Å²) in [6, 6.07) is 1.52. The van der Waals surface area contributed by atoms with Crippen molar-refractivity contribution in [3.05, 3.63) is 0 Å². The van der Waals surface area contributed by atoms with E-state index in [4.69, 9.17) is 16.1 Å². The van der Waals surface area contributed by atoms with Crippen LogP contribution in [0, 0.1) is 22.1 Å². The van der Waals surface area contributed by atoms with Crippen molar-refractivity contribution in [2.45, 2.75) is 6.92 Å². The summed E-state index contributed by atoms with van der Waals surface area (Å²) in [6.45, 7) is 1.41. The summed E-state index contributed by atoms with van der Waals surface area (Å²) in [5.41, 5.74) is -0.248. The van der Waals surface area contributed by atoms with E-state index in [0.717, 1.165) is 0 Å². The summed E-state index contributed by atoms with van der Waals surface area (Å²) in [5, 5.41) is 21.1. The molecule has 7 heavy (non-hydrogen) atoms. The molecule has 0 heterocycles. The Bertz CT molecular complexity index is 140. The molecule has 0 aromatic carbocycles. The lowest BCUT2D eigenvalue weighted by Crippen LogP contribution is -2.02. The molecule has 0 atom stereocenters. The lowest BCUT2D eigenvalue weighted by atomic mass is 10.3. The van der Waals surface area contributed by atoms with E-state index in [-0.39, 0.29) is 11.4 Å². The fourth-order valence-electron chi connectivity index (χ4n) is 0.0839. The minimum Gasteiger partial charge on any atom is -0.303 e. The Morgan fingerprint density at radius 2 is 2.00 bits per heavy atom. The van der Waals surface area contributed by atoms with Crippen LogP contribution in [0.25, 0.3) is 0 Å². The first-order chi connectivity index (χ1) is 3.18. The van der Waals surface area contributed by atoms with Crippen molar-refractivity contribution in [3.8, 4) is 6.07 Å². The summed E-state index contributed by atoms with van der Waals surface area (Å²) >= 11 is 0. The SMILES string of the molecule is CC(=N)C(=N)C#N. The molecule has 0 aliphatic carbocycles. The molecule has 0 saturated carbocycles. The second-order valence-electron chi connectivity index (χ2n) is 1.11. The molecule has 2 N–H and O–H groups in total. The predicted octanol–water partition coefficient (Wildman–Crippen LogP) is 0.569. The van der Waals surface area contributed by atoms with E-state index >= 15 is 0 Å². The zero-order valence-electron chi connectivity index (χ0n) is 3.95. The maximum atomic E-state index is 7.89. The fraction of sp³-hybridized carbons (Fsp3) is 0.250. The molecule has 0 radical (unpaired) electrons. The lowest BCUT2D eigenvalue weighted by Gasteiger charge is -1.80. The van der Waals surface area contributed by atoms with E-state index in [9.17, 15) is 0 Å². The van der Waals surface area contributed by atoms with Gasteiger partial charge in [0.1, 0.15) is 6.07 Å². The first-order valence-electron chi connectivity index (χ1n) is 1.72. The molecule has 3 heteroatoms. The Hall–Kier alpha value is -1.17. The van der Waals surface area contributed by atoms with Crippen LogP contribution in [0.5, 0.6) is 0 Å². The van der Waals surface area contributed by atoms with Crippen LogP contribution in [0.15, 0.2) is 0 Å². The zero-order chi connectivity index (χ0) is 5.86. The van der Waals surface area contributed by atoms with Gasteiger partial charge in [-0.05, 0) is 6.92 Å². The first-order valence-corrected chi connectivity index (χ1v) is 1.72. The summed E-state index contributed by atoms with van der Waals surface area (Å²) in [5.74, 6) is 0. The van der Waals surface area contributed by atoms with E-state index in [1.807, 2.05) is 0 Å². The van der Waals surface area contributed by atoms with E-state index < -0.39 is 0 Å². The highest BCUT2D eigenvalue weighted by Gasteiger charge is 1.91. The largest absolute Gasteiger partial charge is 0.303 e. The van der Waals surface area contributed by atoms with Gasteiger partial charge in [-0.25, -0.2) is 0 Å². The summed E-state index contributed by atoms with van der Waals surface area (Å²) in [6.07, 6.45) is 0. The maximum absolute atomic E-state index is 7.89. The Kier molecular flexibility index (Phi) is 1.74. The van der Waals surface area contributed by atoms with Gasteiger partial charge in [0, 0.05) is 0 Å². The van der Waals surface area contributed by atoms with Crippen LogP contribution in [0.3, 0.4) is 0 Å². The standard InChI is InChI=1S/C4H5N3/c1-3(6)4(7)2-5/h6-7H,1H3. The van der Waals surface area contributed by atoms with Gasteiger partial charge in [-0.15, -0.1) is 0 Å². The van der Waals surface area contributed by atoms with Gasteiger partial charge < -0.3 is 5.41 Å². The monoisotopic (exact) mass is 95.0 g/mol. The quantitative estimate of drug-likeness (QED) is 0.459. The number of rotatable bonds is 1. The van der Waals surface area contributed by atoms with Crippen molar-refractivity contribution in [1.82, 2.24) is 0 Å². The zero-order valence-corrected chi connectivity index (χ0v) is 3.95. The van der Waals surface area contributed by atoms with Gasteiger partial charge >= 0.3 is 0 Å². The van der Waals surface area contributed by atoms with Gasteiger partial charge in [0.05, 0.1) is 5.71 Å². The molecule has 0 aromatic heterocycles. The third kappa shape index (κ3) is 1.66. The Morgan fingerprint density at radius 1 is 1.57 bits per heavy atom. The number of nitrogens with one attached hydrogen (secondary N) is 2. The molecule has 0 unspecified atom stereocenters. The van der Waals surface area contributed by atoms with E-state index in [1.165, 1.54) is 13.0 Å². The Morgan fingerprint density at radius 3 is 2.00 bits per heavy atom. The second kappa shape index (κ2) is 2.08. The highest BCUT2D eigenvalue weighted by molar-refractivity contribution is 6.45. The van der Waals surface area contributed by atoms with Crippen LogP contribution < -0.4 is 0 Å². The van der Waals surface area contributed by atoms with E-state index in [2.05, 4.69) is 0 Å². The van der Waals surface area contributed by atoms with Gasteiger partial charge in [-0.1, -0.05) is 0 Å². The molecule has 36 valence electrons. The lowest BCUT2D eigenvalue weighted by molar-refractivity contribution is 1.46. The molecular formula is C4H5N3. The molecule has 0 aromatic rings. The maximum Gasteiger partial charge on any atom is 0.152 e. The molecule has 0 rings (SSSR count). The predicted molar refractivity (Wildman–Crippen MR) is 26.7 cm³/mol. The average molecular weight is 95.1 g/mol. The van der Waals surface area contributed by atoms with E-state index in [0.29, 0.717) is 0 Å². The third-order valence-electron chi connectivity index (χ3n) is 0.487. The van der Waals surface area contributed by atoms with Crippen molar-refractivity contribution in [3.63, 3.8) is 0 Å². The average Bonchev–Trinajstić information content (AvgIpc) is 1.65. The molecule has 0 amide bonds. The molecule has 0 saturated heterocycles. The minimum atomic E-state index is -0.264. The van der Waals surface area contributed by atoms with Gasteiger partial charge in [0.25, 0.3) is 0 Å². The summed E-state index contributed by atoms with van der Waals surface area (Å²) in [4.78, 5) is 0. The summed E-state index contributed by atoms with van der Waals surface area (Å²) < 4.78 is 0. The van der Waals surface area contributed by atoms with Crippen LogP contribution in [0.1, 0.15) is 6.92 Å². The highest BCUT2D eigenvalue weighted by atomic mass is 14.5. The van der Waals surface area contributed by atoms with Crippen LogP contribution in [0.2, 0.25) is 0 Å². The Balaban J connectivity index is 3.90. The Labute approximate surface area is 41.6 Å². The normalized spacial score (nSPS) is 6.86. The number of hydrogen-bond donors (Lipinski definition) is 2. The molecule has 0 fully saturated rings. The fourth-order valence-corrected chi connectivity index (χ4v) is 0.0839. The van der Waals surface area contributed by atoms with Crippen molar-refractivity contribution in [2.75, 3.05) is 0 Å². The van der Waals surface area contributed by atoms with Crippen molar-refractivity contribution < 1.29 is 0 Å². The number of nitrogens with zero attached hydrogens (tertiary/aromatic N) is 1. The molecule has 0 aliphatic rings. The van der Waals surface area contributed by atoms with Crippen LogP contribution in [-0.2, 0) is 0 Å². The third-order valence-corrected chi connectivity index (χ3v) is 0.487. The second-order valence-corrected chi connectivity index (χ2v) is 1.11. The molecule has 3 nitrogen and oxygen atoms in total. The van der Waals surface area contributed by atoms with Crippen molar-refractivity contribution >= 4 is 11.4 Å². The topological polar surface area (TPSA) is 71.5 Å². The molecule has 0 aliphatic heterocycles. The van der Waals surface area contributed by atoms with Crippen molar-refractivity contribution in [2.24, 2.45) is 0 Å². The van der Waals surface area contributed by atoms with E-state index in [1.54, 1.807) is 0 Å². The smallest absolute Gasteiger partial charge is 0.152 e. The highest BCUT2D eigenvalue weighted by Crippen LogP contribution is 1.69. The number of hydrogen-bond acceptors (Lipinski definition) is 3. The van der Waals surface area contributed by atoms with Crippen LogP contribution in [-0.4, -0.2) is 11.4 Å². The molecule has 0 bridgehead atoms. The van der Waals surface area contributed by atoms with Crippen molar-refractivity contribution in [1.29, 1.82) is 16.1 Å².